The molecule has 24 heavy (non-hydrogen) atoms. The van der Waals surface area contributed by atoms with Crippen LogP contribution in [0.1, 0.15) is 43.0 Å². The molecule has 6 heteroatoms. The quantitative estimate of drug-likeness (QED) is 0.820. The van der Waals surface area contributed by atoms with Gasteiger partial charge >= 0.3 is 0 Å². The highest BCUT2D eigenvalue weighted by atomic mass is 32.1. The number of nitrogens with zero attached hydrogens (tertiary/aromatic N) is 1. The van der Waals surface area contributed by atoms with Crippen LogP contribution in [-0.4, -0.2) is 21.5 Å². The Hall–Kier alpha value is -1.95. The number of fused-ring (bicyclic) bond motifs is 1. The standard InChI is InChI=1S/C18H21N3O2S/c1-2-21-17(23)13-8-7-12(9-14(13)19-18(21)24)16(22)20-15(10-3-4-10)11-5-6-11/h7-11,15H,2-6H2,1H3,(H,19,24)(H,20,22). The maximum Gasteiger partial charge on any atom is 0.262 e. The molecule has 0 radical (unpaired) electrons. The van der Waals surface area contributed by atoms with Crippen LogP contribution in [0.3, 0.4) is 0 Å². The molecule has 2 N–H and O–H groups in total. The van der Waals surface area contributed by atoms with Crippen LogP contribution < -0.4 is 10.9 Å². The van der Waals surface area contributed by atoms with Gasteiger partial charge in [0.25, 0.3) is 11.5 Å². The van der Waals surface area contributed by atoms with Crippen molar-refractivity contribution in [2.75, 3.05) is 0 Å². The van der Waals surface area contributed by atoms with Crippen LogP contribution >= 0.6 is 12.2 Å². The lowest BCUT2D eigenvalue weighted by Crippen LogP contribution is -2.38. The molecule has 2 aliphatic carbocycles. The Bertz CT molecular complexity index is 910. The van der Waals surface area contributed by atoms with Crippen molar-refractivity contribution in [1.82, 2.24) is 14.9 Å². The number of amides is 1. The molecule has 2 fully saturated rings. The molecule has 126 valence electrons. The first-order valence-electron chi connectivity index (χ1n) is 8.66. The minimum absolute atomic E-state index is 0.0558. The van der Waals surface area contributed by atoms with Gasteiger partial charge in [-0.05, 0) is 74.9 Å². The molecule has 1 aromatic carbocycles. The summed E-state index contributed by atoms with van der Waals surface area (Å²) < 4.78 is 1.91. The van der Waals surface area contributed by atoms with Crippen LogP contribution in [0.15, 0.2) is 23.0 Å². The van der Waals surface area contributed by atoms with Crippen LogP contribution in [0.5, 0.6) is 0 Å². The Morgan fingerprint density at radius 1 is 1.33 bits per heavy atom. The Morgan fingerprint density at radius 2 is 2.00 bits per heavy atom. The third-order valence-electron chi connectivity index (χ3n) is 5.12. The summed E-state index contributed by atoms with van der Waals surface area (Å²) in [6.45, 7) is 2.41. The Balaban J connectivity index is 1.66. The summed E-state index contributed by atoms with van der Waals surface area (Å²) >= 11 is 5.24. The zero-order valence-electron chi connectivity index (χ0n) is 13.7. The molecule has 2 aliphatic rings. The molecule has 1 aromatic heterocycles. The Labute approximate surface area is 145 Å². The van der Waals surface area contributed by atoms with Crippen molar-refractivity contribution >= 4 is 29.0 Å². The highest BCUT2D eigenvalue weighted by Gasteiger charge is 2.42. The molecule has 0 unspecified atom stereocenters. The van der Waals surface area contributed by atoms with E-state index in [4.69, 9.17) is 12.2 Å². The number of carbonyl (C=O) groups is 1. The average Bonchev–Trinajstić information content (AvgIpc) is 3.46. The zero-order chi connectivity index (χ0) is 16.8. The fourth-order valence-corrected chi connectivity index (χ4v) is 3.77. The van der Waals surface area contributed by atoms with Gasteiger partial charge in [0, 0.05) is 18.2 Å². The molecular weight excluding hydrogens is 322 g/mol. The van der Waals surface area contributed by atoms with Gasteiger partial charge in [-0.2, -0.15) is 0 Å². The van der Waals surface area contributed by atoms with Gasteiger partial charge in [0.1, 0.15) is 0 Å². The lowest BCUT2D eigenvalue weighted by Gasteiger charge is -2.17. The van der Waals surface area contributed by atoms with Gasteiger partial charge in [0.2, 0.25) is 0 Å². The molecule has 1 heterocycles. The normalized spacial score (nSPS) is 17.4. The van der Waals surface area contributed by atoms with Crippen LogP contribution in [0.25, 0.3) is 10.9 Å². The molecular formula is C18H21N3O2S. The number of hydrogen-bond acceptors (Lipinski definition) is 3. The number of H-pyrrole nitrogens is 1. The molecule has 2 aromatic rings. The molecule has 5 nitrogen and oxygen atoms in total. The predicted molar refractivity (Wildman–Crippen MR) is 95.8 cm³/mol. The van der Waals surface area contributed by atoms with Gasteiger partial charge in [0.05, 0.1) is 10.9 Å². The number of rotatable bonds is 5. The van der Waals surface area contributed by atoms with E-state index in [1.165, 1.54) is 30.3 Å². The first kappa shape index (κ1) is 15.6. The third-order valence-corrected chi connectivity index (χ3v) is 5.44. The van der Waals surface area contributed by atoms with Crippen molar-refractivity contribution in [3.05, 3.63) is 38.9 Å². The topological polar surface area (TPSA) is 66.9 Å². The number of aromatic nitrogens is 2. The summed E-state index contributed by atoms with van der Waals surface area (Å²) in [4.78, 5) is 28.1. The summed E-state index contributed by atoms with van der Waals surface area (Å²) in [5.74, 6) is 1.26. The Morgan fingerprint density at radius 3 is 2.58 bits per heavy atom. The van der Waals surface area contributed by atoms with E-state index >= 15 is 0 Å². The van der Waals surface area contributed by atoms with Crippen LogP contribution in [-0.2, 0) is 6.54 Å². The molecule has 0 atom stereocenters. The number of nitrogens with one attached hydrogen (secondary N) is 2. The molecule has 0 spiro atoms. The maximum absolute atomic E-state index is 12.6. The fraction of sp³-hybridized carbons (Fsp3) is 0.500. The van der Waals surface area contributed by atoms with E-state index in [0.717, 1.165) is 0 Å². The average molecular weight is 343 g/mol. The van der Waals surface area contributed by atoms with E-state index in [2.05, 4.69) is 10.3 Å². The minimum Gasteiger partial charge on any atom is -0.349 e. The number of hydrogen-bond donors (Lipinski definition) is 2. The third kappa shape index (κ3) is 2.79. The van der Waals surface area contributed by atoms with Gasteiger partial charge in [-0.25, -0.2) is 0 Å². The number of carbonyl (C=O) groups excluding carboxylic acids is 1. The van der Waals surface area contributed by atoms with E-state index in [-0.39, 0.29) is 11.5 Å². The lowest BCUT2D eigenvalue weighted by atomic mass is 10.1. The largest absolute Gasteiger partial charge is 0.349 e. The van der Waals surface area contributed by atoms with Crippen molar-refractivity contribution < 1.29 is 4.79 Å². The Kier molecular flexibility index (Phi) is 3.79. The molecule has 0 bridgehead atoms. The predicted octanol–water partition coefficient (Wildman–Crippen LogP) is 3.00. The van der Waals surface area contributed by atoms with Crippen molar-refractivity contribution in [1.29, 1.82) is 0 Å². The van der Waals surface area contributed by atoms with Gasteiger partial charge in [-0.15, -0.1) is 0 Å². The maximum atomic E-state index is 12.6. The number of aromatic amines is 1. The van der Waals surface area contributed by atoms with Crippen molar-refractivity contribution in [3.63, 3.8) is 0 Å². The second-order valence-corrected chi connectivity index (χ2v) is 7.30. The summed E-state index contributed by atoms with van der Waals surface area (Å²) in [7, 11) is 0. The van der Waals surface area contributed by atoms with Crippen LogP contribution in [0.2, 0.25) is 0 Å². The zero-order valence-corrected chi connectivity index (χ0v) is 14.5. The fourth-order valence-electron chi connectivity index (χ4n) is 3.45. The van der Waals surface area contributed by atoms with Crippen molar-refractivity contribution in [2.24, 2.45) is 11.8 Å². The van der Waals surface area contributed by atoms with Crippen LogP contribution in [0.4, 0.5) is 0 Å². The SMILES string of the molecule is CCn1c(=S)[nH]c2cc(C(=O)NC(C3CC3)C3CC3)ccc2c1=O. The van der Waals surface area contributed by atoms with E-state index in [9.17, 15) is 9.59 Å². The van der Waals surface area contributed by atoms with Crippen molar-refractivity contribution in [2.45, 2.75) is 45.2 Å². The molecule has 1 amide bonds. The second-order valence-electron chi connectivity index (χ2n) is 6.91. The first-order chi connectivity index (χ1) is 11.6. The summed E-state index contributed by atoms with van der Waals surface area (Å²) in [6, 6.07) is 5.50. The van der Waals surface area contributed by atoms with Gasteiger partial charge in [0.15, 0.2) is 4.77 Å². The van der Waals surface area contributed by atoms with E-state index in [0.29, 0.717) is 45.7 Å². The summed E-state index contributed by atoms with van der Waals surface area (Å²) in [5.41, 5.74) is 1.09. The van der Waals surface area contributed by atoms with Gasteiger partial charge in [-0.1, -0.05) is 0 Å². The van der Waals surface area contributed by atoms with Gasteiger partial charge < -0.3 is 10.3 Å². The smallest absolute Gasteiger partial charge is 0.262 e. The van der Waals surface area contributed by atoms with Gasteiger partial charge in [-0.3, -0.25) is 14.2 Å². The highest BCUT2D eigenvalue weighted by Crippen LogP contribution is 2.44. The second kappa shape index (κ2) is 5.84. The van der Waals surface area contributed by atoms with E-state index in [1.807, 2.05) is 6.92 Å². The summed E-state index contributed by atoms with van der Waals surface area (Å²) in [5, 5.41) is 3.77. The summed E-state index contributed by atoms with van der Waals surface area (Å²) in [6.07, 6.45) is 4.90. The lowest BCUT2D eigenvalue weighted by molar-refractivity contribution is 0.0926. The molecule has 4 rings (SSSR count). The van der Waals surface area contributed by atoms with Crippen LogP contribution in [0, 0.1) is 16.6 Å². The monoisotopic (exact) mass is 343 g/mol. The van der Waals surface area contributed by atoms with E-state index in [1.54, 1.807) is 18.2 Å². The minimum atomic E-state index is -0.114. The molecule has 2 saturated carbocycles. The van der Waals surface area contributed by atoms with Crippen molar-refractivity contribution in [3.8, 4) is 0 Å². The van der Waals surface area contributed by atoms with E-state index < -0.39 is 0 Å². The highest BCUT2D eigenvalue weighted by molar-refractivity contribution is 7.71. The molecule has 0 aliphatic heterocycles. The first-order valence-corrected chi connectivity index (χ1v) is 9.07. The molecule has 0 saturated heterocycles. The number of benzene rings is 1.